The van der Waals surface area contributed by atoms with Crippen LogP contribution in [0.25, 0.3) is 21.9 Å². The van der Waals surface area contributed by atoms with Gasteiger partial charge < -0.3 is 9.47 Å². The number of rotatable bonds is 3. The lowest BCUT2D eigenvalue weighted by Gasteiger charge is -2.10. The molecule has 0 aliphatic heterocycles. The summed E-state index contributed by atoms with van der Waals surface area (Å²) in [5.41, 5.74) is 2.57. The van der Waals surface area contributed by atoms with Crippen LogP contribution in [0.3, 0.4) is 0 Å². The number of ether oxygens (including phenoxy) is 2. The van der Waals surface area contributed by atoms with E-state index in [-0.39, 0.29) is 5.97 Å². The van der Waals surface area contributed by atoms with Crippen molar-refractivity contribution >= 4 is 16.7 Å². The van der Waals surface area contributed by atoms with Gasteiger partial charge in [0.15, 0.2) is 0 Å². The highest BCUT2D eigenvalue weighted by Crippen LogP contribution is 2.29. The molecule has 3 aromatic rings. The second kappa shape index (κ2) is 5.90. The largest absolute Gasteiger partial charge is 0.497 e. The summed E-state index contributed by atoms with van der Waals surface area (Å²) in [6, 6.07) is 19.5. The molecule has 0 N–H and O–H groups in total. The third kappa shape index (κ3) is 2.53. The predicted molar refractivity (Wildman–Crippen MR) is 87.3 cm³/mol. The van der Waals surface area contributed by atoms with Crippen LogP contribution in [0.1, 0.15) is 10.4 Å². The highest BCUT2D eigenvalue weighted by atomic mass is 16.5. The number of methoxy groups -OCH3 is 2. The quantitative estimate of drug-likeness (QED) is 0.675. The Bertz CT molecular complexity index is 820. The lowest BCUT2D eigenvalue weighted by atomic mass is 9.97. The van der Waals surface area contributed by atoms with Gasteiger partial charge in [-0.3, -0.25) is 0 Å². The van der Waals surface area contributed by atoms with E-state index in [0.29, 0.717) is 5.56 Å². The van der Waals surface area contributed by atoms with Gasteiger partial charge in [0.25, 0.3) is 0 Å². The highest BCUT2D eigenvalue weighted by molar-refractivity contribution is 6.06. The normalized spacial score (nSPS) is 10.5. The van der Waals surface area contributed by atoms with Crippen LogP contribution < -0.4 is 4.74 Å². The van der Waals surface area contributed by atoms with Gasteiger partial charge >= 0.3 is 5.97 Å². The standard InChI is InChI=1S/C19H16O3/c1-21-16-9-7-13(8-10-16)15-11-14-5-3-4-6-17(14)18(12-15)19(20)22-2/h3-12H,1-2H3. The number of fused-ring (bicyclic) bond motifs is 1. The Balaban J connectivity index is 2.19. The summed E-state index contributed by atoms with van der Waals surface area (Å²) in [4.78, 5) is 12.1. The van der Waals surface area contributed by atoms with Crippen molar-refractivity contribution in [1.82, 2.24) is 0 Å². The fourth-order valence-electron chi connectivity index (χ4n) is 2.54. The lowest BCUT2D eigenvalue weighted by Crippen LogP contribution is -2.02. The van der Waals surface area contributed by atoms with E-state index in [0.717, 1.165) is 27.6 Å². The third-order valence-corrected chi connectivity index (χ3v) is 3.69. The third-order valence-electron chi connectivity index (χ3n) is 3.69. The molecule has 3 rings (SSSR count). The Hall–Kier alpha value is -2.81. The number of esters is 1. The molecule has 110 valence electrons. The molecule has 0 heterocycles. The molecule has 0 unspecified atom stereocenters. The van der Waals surface area contributed by atoms with Crippen LogP contribution in [-0.2, 0) is 4.74 Å². The molecule has 3 nitrogen and oxygen atoms in total. The van der Waals surface area contributed by atoms with Crippen LogP contribution in [0, 0.1) is 0 Å². The molecule has 0 aromatic heterocycles. The first-order chi connectivity index (χ1) is 10.7. The van der Waals surface area contributed by atoms with Crippen LogP contribution in [0.2, 0.25) is 0 Å². The Morgan fingerprint density at radius 3 is 2.27 bits per heavy atom. The SMILES string of the molecule is COC(=O)c1cc(-c2ccc(OC)cc2)cc2ccccc12. The van der Waals surface area contributed by atoms with Gasteiger partial charge in [0.1, 0.15) is 5.75 Å². The number of carbonyl (C=O) groups excluding carboxylic acids is 1. The maximum Gasteiger partial charge on any atom is 0.338 e. The molecule has 0 spiro atoms. The number of hydrogen-bond donors (Lipinski definition) is 0. The zero-order chi connectivity index (χ0) is 15.5. The minimum absolute atomic E-state index is 0.327. The first kappa shape index (κ1) is 14.1. The molecule has 0 atom stereocenters. The molecular weight excluding hydrogens is 276 g/mol. The smallest absolute Gasteiger partial charge is 0.338 e. The molecule has 0 amide bonds. The molecule has 0 fully saturated rings. The van der Waals surface area contributed by atoms with Gasteiger partial charge in [-0.15, -0.1) is 0 Å². The molecule has 22 heavy (non-hydrogen) atoms. The monoisotopic (exact) mass is 292 g/mol. The molecule has 3 heteroatoms. The second-order valence-corrected chi connectivity index (χ2v) is 4.97. The van der Waals surface area contributed by atoms with E-state index in [1.807, 2.05) is 54.6 Å². The van der Waals surface area contributed by atoms with Gasteiger partial charge in [0.2, 0.25) is 0 Å². The minimum Gasteiger partial charge on any atom is -0.497 e. The molecule has 0 bridgehead atoms. The number of benzene rings is 3. The van der Waals surface area contributed by atoms with Crippen molar-refractivity contribution in [2.24, 2.45) is 0 Å². The van der Waals surface area contributed by atoms with E-state index >= 15 is 0 Å². The van der Waals surface area contributed by atoms with Crippen LogP contribution >= 0.6 is 0 Å². The Labute approximate surface area is 129 Å². The maximum atomic E-state index is 12.1. The lowest BCUT2D eigenvalue weighted by molar-refractivity contribution is 0.0603. The van der Waals surface area contributed by atoms with Gasteiger partial charge in [0.05, 0.1) is 19.8 Å². The molecule has 3 aromatic carbocycles. The average molecular weight is 292 g/mol. The van der Waals surface area contributed by atoms with Crippen LogP contribution in [-0.4, -0.2) is 20.2 Å². The Morgan fingerprint density at radius 1 is 0.864 bits per heavy atom. The van der Waals surface area contributed by atoms with Gasteiger partial charge in [-0.25, -0.2) is 4.79 Å². The average Bonchev–Trinajstić information content (AvgIpc) is 2.60. The minimum atomic E-state index is -0.327. The summed E-state index contributed by atoms with van der Waals surface area (Å²) in [7, 11) is 3.04. The Morgan fingerprint density at radius 2 is 1.59 bits per heavy atom. The summed E-state index contributed by atoms with van der Waals surface area (Å²) >= 11 is 0. The number of hydrogen-bond acceptors (Lipinski definition) is 3. The van der Waals surface area contributed by atoms with E-state index in [9.17, 15) is 4.79 Å². The van der Waals surface area contributed by atoms with Crippen molar-refractivity contribution in [1.29, 1.82) is 0 Å². The van der Waals surface area contributed by atoms with E-state index in [1.165, 1.54) is 7.11 Å². The fraction of sp³-hybridized carbons (Fsp3) is 0.105. The van der Waals surface area contributed by atoms with Crippen molar-refractivity contribution in [3.8, 4) is 16.9 Å². The zero-order valence-electron chi connectivity index (χ0n) is 12.5. The summed E-state index contributed by atoms with van der Waals surface area (Å²) in [6.07, 6.45) is 0. The van der Waals surface area contributed by atoms with Gasteiger partial charge in [-0.05, 0) is 46.2 Å². The second-order valence-electron chi connectivity index (χ2n) is 4.97. The fourth-order valence-corrected chi connectivity index (χ4v) is 2.54. The van der Waals surface area contributed by atoms with Gasteiger partial charge in [-0.2, -0.15) is 0 Å². The van der Waals surface area contributed by atoms with E-state index in [1.54, 1.807) is 7.11 Å². The first-order valence-electron chi connectivity index (χ1n) is 6.98. The number of carbonyl (C=O) groups is 1. The van der Waals surface area contributed by atoms with Crippen LogP contribution in [0.4, 0.5) is 0 Å². The Kier molecular flexibility index (Phi) is 3.79. The zero-order valence-corrected chi connectivity index (χ0v) is 12.5. The molecule has 0 radical (unpaired) electrons. The first-order valence-corrected chi connectivity index (χ1v) is 6.98. The van der Waals surface area contributed by atoms with E-state index in [2.05, 4.69) is 6.07 Å². The summed E-state index contributed by atoms with van der Waals surface area (Å²) in [6.45, 7) is 0. The highest BCUT2D eigenvalue weighted by Gasteiger charge is 2.12. The van der Waals surface area contributed by atoms with Gasteiger partial charge in [0, 0.05) is 0 Å². The van der Waals surface area contributed by atoms with Crippen molar-refractivity contribution < 1.29 is 14.3 Å². The summed E-state index contributed by atoms with van der Waals surface area (Å²) in [5.74, 6) is 0.476. The van der Waals surface area contributed by atoms with Crippen molar-refractivity contribution in [2.45, 2.75) is 0 Å². The molecule has 0 aliphatic rings. The topological polar surface area (TPSA) is 35.5 Å². The van der Waals surface area contributed by atoms with Crippen LogP contribution in [0.5, 0.6) is 5.75 Å². The van der Waals surface area contributed by atoms with Crippen molar-refractivity contribution in [2.75, 3.05) is 14.2 Å². The van der Waals surface area contributed by atoms with Gasteiger partial charge in [-0.1, -0.05) is 36.4 Å². The molecule has 0 saturated heterocycles. The molecular formula is C19H16O3. The van der Waals surface area contributed by atoms with E-state index < -0.39 is 0 Å². The van der Waals surface area contributed by atoms with Crippen molar-refractivity contribution in [3.05, 3.63) is 66.2 Å². The summed E-state index contributed by atoms with van der Waals surface area (Å²) < 4.78 is 10.1. The van der Waals surface area contributed by atoms with Crippen LogP contribution in [0.15, 0.2) is 60.7 Å². The predicted octanol–water partition coefficient (Wildman–Crippen LogP) is 4.30. The molecule has 0 aliphatic carbocycles. The van der Waals surface area contributed by atoms with Crippen molar-refractivity contribution in [3.63, 3.8) is 0 Å². The summed E-state index contributed by atoms with van der Waals surface area (Å²) in [5, 5.41) is 1.91. The maximum absolute atomic E-state index is 12.1. The van der Waals surface area contributed by atoms with E-state index in [4.69, 9.17) is 9.47 Å². The molecule has 0 saturated carbocycles.